The first-order valence-electron chi connectivity index (χ1n) is 4.16. The van der Waals surface area contributed by atoms with E-state index < -0.39 is 0 Å². The fourth-order valence-corrected chi connectivity index (χ4v) is 1.19. The second-order valence-corrected chi connectivity index (χ2v) is 2.83. The Balaban J connectivity index is 2.87. The van der Waals surface area contributed by atoms with Crippen molar-refractivity contribution < 1.29 is 15.0 Å². The van der Waals surface area contributed by atoms with Crippen molar-refractivity contribution in [2.45, 2.75) is 12.8 Å². The maximum atomic E-state index is 10.6. The SMILES string of the molecule is O=Cc1ccc(O)cc1CCCO. The first kappa shape index (κ1) is 9.74. The molecule has 0 aliphatic carbocycles. The molecule has 0 fully saturated rings. The van der Waals surface area contributed by atoms with E-state index >= 15 is 0 Å². The Hall–Kier alpha value is -1.35. The number of aryl methyl sites for hydroxylation is 1. The van der Waals surface area contributed by atoms with E-state index in [1.807, 2.05) is 0 Å². The third-order valence-electron chi connectivity index (χ3n) is 1.86. The average molecular weight is 180 g/mol. The van der Waals surface area contributed by atoms with Gasteiger partial charge in [-0.3, -0.25) is 4.79 Å². The van der Waals surface area contributed by atoms with E-state index in [2.05, 4.69) is 0 Å². The summed E-state index contributed by atoms with van der Waals surface area (Å²) >= 11 is 0. The fraction of sp³-hybridized carbons (Fsp3) is 0.300. The first-order valence-corrected chi connectivity index (χ1v) is 4.16. The highest BCUT2D eigenvalue weighted by molar-refractivity contribution is 5.77. The van der Waals surface area contributed by atoms with Gasteiger partial charge in [0, 0.05) is 12.2 Å². The minimum atomic E-state index is 0.0912. The van der Waals surface area contributed by atoms with E-state index in [9.17, 15) is 4.79 Å². The minimum Gasteiger partial charge on any atom is -0.508 e. The van der Waals surface area contributed by atoms with Gasteiger partial charge >= 0.3 is 0 Å². The molecule has 1 rings (SSSR count). The Morgan fingerprint density at radius 3 is 2.77 bits per heavy atom. The number of aliphatic hydroxyl groups is 1. The molecule has 0 atom stereocenters. The number of aliphatic hydroxyl groups excluding tert-OH is 1. The van der Waals surface area contributed by atoms with Gasteiger partial charge in [0.05, 0.1) is 0 Å². The van der Waals surface area contributed by atoms with Gasteiger partial charge in [-0.05, 0) is 36.6 Å². The molecule has 0 saturated heterocycles. The van der Waals surface area contributed by atoms with Gasteiger partial charge in [0.15, 0.2) is 0 Å². The number of phenolic OH excluding ortho intramolecular Hbond substituents is 1. The van der Waals surface area contributed by atoms with E-state index in [1.165, 1.54) is 6.07 Å². The van der Waals surface area contributed by atoms with Crippen LogP contribution in [-0.4, -0.2) is 23.1 Å². The highest BCUT2D eigenvalue weighted by atomic mass is 16.3. The zero-order valence-electron chi connectivity index (χ0n) is 7.23. The third kappa shape index (κ3) is 2.56. The van der Waals surface area contributed by atoms with Gasteiger partial charge < -0.3 is 10.2 Å². The lowest BCUT2D eigenvalue weighted by Gasteiger charge is -2.03. The molecule has 0 amide bonds. The average Bonchev–Trinajstić information content (AvgIpc) is 2.15. The minimum absolute atomic E-state index is 0.0912. The molecule has 0 aromatic heterocycles. The lowest BCUT2D eigenvalue weighted by atomic mass is 10.0. The molecule has 1 aromatic rings. The Labute approximate surface area is 76.6 Å². The molecule has 0 saturated carbocycles. The number of phenols is 1. The fourth-order valence-electron chi connectivity index (χ4n) is 1.19. The summed E-state index contributed by atoms with van der Waals surface area (Å²) in [6.07, 6.45) is 1.97. The van der Waals surface area contributed by atoms with Crippen LogP contribution in [-0.2, 0) is 6.42 Å². The molecular formula is C10H12O3. The Kier molecular flexibility index (Phi) is 3.46. The van der Waals surface area contributed by atoms with Gasteiger partial charge in [0.25, 0.3) is 0 Å². The number of carbonyl (C=O) groups is 1. The smallest absolute Gasteiger partial charge is 0.150 e. The maximum Gasteiger partial charge on any atom is 0.150 e. The summed E-state index contributed by atoms with van der Waals surface area (Å²) < 4.78 is 0. The van der Waals surface area contributed by atoms with Crippen molar-refractivity contribution in [2.75, 3.05) is 6.61 Å². The van der Waals surface area contributed by atoms with Crippen LogP contribution in [0, 0.1) is 0 Å². The number of aldehydes is 1. The number of benzene rings is 1. The molecule has 2 N–H and O–H groups in total. The normalized spacial score (nSPS) is 9.92. The Morgan fingerprint density at radius 2 is 2.15 bits per heavy atom. The van der Waals surface area contributed by atoms with E-state index in [4.69, 9.17) is 10.2 Å². The lowest BCUT2D eigenvalue weighted by Crippen LogP contribution is -1.94. The molecule has 0 bridgehead atoms. The van der Waals surface area contributed by atoms with Crippen LogP contribution in [0.4, 0.5) is 0 Å². The molecule has 3 heteroatoms. The molecule has 0 aliphatic rings. The predicted molar refractivity (Wildman–Crippen MR) is 48.9 cm³/mol. The number of carbonyl (C=O) groups excluding carboxylic acids is 1. The first-order chi connectivity index (χ1) is 6.27. The van der Waals surface area contributed by atoms with Crippen molar-refractivity contribution in [1.82, 2.24) is 0 Å². The van der Waals surface area contributed by atoms with Crippen LogP contribution in [0.2, 0.25) is 0 Å². The van der Waals surface area contributed by atoms with Crippen LogP contribution in [0.1, 0.15) is 22.3 Å². The molecule has 3 nitrogen and oxygen atoms in total. The molecule has 1 aromatic carbocycles. The van der Waals surface area contributed by atoms with Gasteiger partial charge in [-0.2, -0.15) is 0 Å². The van der Waals surface area contributed by atoms with Crippen molar-refractivity contribution >= 4 is 6.29 Å². The van der Waals surface area contributed by atoms with Crippen LogP contribution >= 0.6 is 0 Å². The zero-order chi connectivity index (χ0) is 9.68. The highest BCUT2D eigenvalue weighted by Crippen LogP contribution is 2.16. The molecule has 0 heterocycles. The topological polar surface area (TPSA) is 57.5 Å². The highest BCUT2D eigenvalue weighted by Gasteiger charge is 2.01. The summed E-state index contributed by atoms with van der Waals surface area (Å²) in [4.78, 5) is 10.6. The summed E-state index contributed by atoms with van der Waals surface area (Å²) in [6, 6.07) is 4.61. The third-order valence-corrected chi connectivity index (χ3v) is 1.86. The van der Waals surface area contributed by atoms with Crippen molar-refractivity contribution in [1.29, 1.82) is 0 Å². The summed E-state index contributed by atoms with van der Waals surface area (Å²) in [5.41, 5.74) is 1.36. The van der Waals surface area contributed by atoms with Crippen molar-refractivity contribution in [2.24, 2.45) is 0 Å². The van der Waals surface area contributed by atoms with Gasteiger partial charge in [0.2, 0.25) is 0 Å². The quantitative estimate of drug-likeness (QED) is 0.683. The van der Waals surface area contributed by atoms with Crippen LogP contribution in [0.3, 0.4) is 0 Å². The van der Waals surface area contributed by atoms with Crippen molar-refractivity contribution in [3.05, 3.63) is 29.3 Å². The van der Waals surface area contributed by atoms with E-state index in [0.717, 1.165) is 11.8 Å². The van der Waals surface area contributed by atoms with Gasteiger partial charge in [-0.15, -0.1) is 0 Å². The summed E-state index contributed by atoms with van der Waals surface area (Å²) in [5, 5.41) is 17.8. The summed E-state index contributed by atoms with van der Waals surface area (Å²) in [5.74, 6) is 0.151. The van der Waals surface area contributed by atoms with Crippen LogP contribution < -0.4 is 0 Å². The maximum absolute atomic E-state index is 10.6. The molecule has 0 unspecified atom stereocenters. The monoisotopic (exact) mass is 180 g/mol. The molecule has 0 aliphatic heterocycles. The second-order valence-electron chi connectivity index (χ2n) is 2.83. The standard InChI is InChI=1S/C10H12O3/c11-5-1-2-8-6-10(13)4-3-9(8)7-12/h3-4,6-7,11,13H,1-2,5H2. The van der Waals surface area contributed by atoms with Crippen LogP contribution in [0.25, 0.3) is 0 Å². The number of rotatable bonds is 4. The molecule has 70 valence electrons. The van der Waals surface area contributed by atoms with Gasteiger partial charge in [-0.1, -0.05) is 0 Å². The second kappa shape index (κ2) is 4.62. The van der Waals surface area contributed by atoms with Gasteiger partial charge in [0.1, 0.15) is 12.0 Å². The number of aromatic hydroxyl groups is 1. The van der Waals surface area contributed by atoms with Crippen LogP contribution in [0.15, 0.2) is 18.2 Å². The predicted octanol–water partition coefficient (Wildman–Crippen LogP) is 1.13. The lowest BCUT2D eigenvalue weighted by molar-refractivity contribution is 0.112. The molecular weight excluding hydrogens is 168 g/mol. The number of hydrogen-bond acceptors (Lipinski definition) is 3. The molecule has 13 heavy (non-hydrogen) atoms. The van der Waals surface area contributed by atoms with Crippen molar-refractivity contribution in [3.8, 4) is 5.75 Å². The van der Waals surface area contributed by atoms with Crippen LogP contribution in [0.5, 0.6) is 5.75 Å². The Morgan fingerprint density at radius 1 is 1.38 bits per heavy atom. The Bertz CT molecular complexity index is 294. The van der Waals surface area contributed by atoms with E-state index in [0.29, 0.717) is 18.4 Å². The largest absolute Gasteiger partial charge is 0.508 e. The molecule has 0 radical (unpaired) electrons. The van der Waals surface area contributed by atoms with Crippen molar-refractivity contribution in [3.63, 3.8) is 0 Å². The summed E-state index contributed by atoms with van der Waals surface area (Å²) in [7, 11) is 0. The number of hydrogen-bond donors (Lipinski definition) is 2. The zero-order valence-corrected chi connectivity index (χ0v) is 7.23. The van der Waals surface area contributed by atoms with E-state index in [1.54, 1.807) is 12.1 Å². The van der Waals surface area contributed by atoms with Gasteiger partial charge in [-0.25, -0.2) is 0 Å². The summed E-state index contributed by atoms with van der Waals surface area (Å²) in [6.45, 7) is 0.0912. The van der Waals surface area contributed by atoms with E-state index in [-0.39, 0.29) is 12.4 Å². The molecule has 0 spiro atoms.